The third-order valence-corrected chi connectivity index (χ3v) is 4.12. The Morgan fingerprint density at radius 3 is 2.73 bits per heavy atom. The van der Waals surface area contributed by atoms with Crippen LogP contribution in [0.2, 0.25) is 0 Å². The lowest BCUT2D eigenvalue weighted by atomic mass is 10.0. The number of hydrogen-bond donors (Lipinski definition) is 2. The van der Waals surface area contributed by atoms with Gasteiger partial charge in [0.2, 0.25) is 5.95 Å². The number of aromatic nitrogens is 2. The van der Waals surface area contributed by atoms with Crippen molar-refractivity contribution in [2.75, 3.05) is 5.43 Å². The predicted octanol–water partition coefficient (Wildman–Crippen LogP) is 4.11. The summed E-state index contributed by atoms with van der Waals surface area (Å²) in [6.45, 7) is 0. The third kappa shape index (κ3) is 2.48. The largest absolute Gasteiger partial charge is 0.323 e. The number of aryl methyl sites for hydroxylation is 1. The number of aromatic amines is 1. The molecule has 0 atom stereocenters. The number of H-pyrrole nitrogens is 1. The number of fused-ring (bicyclic) bond motifs is 2. The lowest BCUT2D eigenvalue weighted by Crippen LogP contribution is -2.05. The minimum Gasteiger partial charge on any atom is -0.323 e. The van der Waals surface area contributed by atoms with E-state index in [0.29, 0.717) is 5.95 Å². The van der Waals surface area contributed by atoms with Gasteiger partial charge in [-0.15, -0.1) is 0 Å². The molecule has 0 aliphatic heterocycles. The lowest BCUT2D eigenvalue weighted by Gasteiger charge is -2.07. The van der Waals surface area contributed by atoms with Gasteiger partial charge >= 0.3 is 0 Å². The fraction of sp³-hybridized carbons (Fsp3) is 0.222. The van der Waals surface area contributed by atoms with Gasteiger partial charge in [0.05, 0.1) is 16.7 Å². The zero-order chi connectivity index (χ0) is 14.8. The Labute approximate surface area is 129 Å². The third-order valence-electron chi connectivity index (χ3n) is 4.12. The van der Waals surface area contributed by atoms with E-state index in [0.717, 1.165) is 29.6 Å². The molecule has 3 aromatic rings. The van der Waals surface area contributed by atoms with Crippen molar-refractivity contribution in [2.24, 2.45) is 5.10 Å². The van der Waals surface area contributed by atoms with Gasteiger partial charge in [-0.1, -0.05) is 36.4 Å². The van der Waals surface area contributed by atoms with Crippen LogP contribution in [0, 0.1) is 0 Å². The average molecular weight is 290 g/mol. The first-order valence-corrected chi connectivity index (χ1v) is 7.76. The number of hydrazone groups is 1. The minimum absolute atomic E-state index is 0.690. The van der Waals surface area contributed by atoms with E-state index in [1.807, 2.05) is 24.3 Å². The second kappa shape index (κ2) is 5.64. The molecule has 0 radical (unpaired) electrons. The van der Waals surface area contributed by atoms with E-state index in [4.69, 9.17) is 0 Å². The van der Waals surface area contributed by atoms with E-state index in [9.17, 15) is 0 Å². The molecule has 2 aromatic carbocycles. The highest BCUT2D eigenvalue weighted by Gasteiger charge is 2.13. The molecule has 110 valence electrons. The van der Waals surface area contributed by atoms with E-state index >= 15 is 0 Å². The maximum atomic E-state index is 4.62. The summed E-state index contributed by atoms with van der Waals surface area (Å²) in [5.41, 5.74) is 8.84. The van der Waals surface area contributed by atoms with Crippen LogP contribution in [-0.2, 0) is 6.42 Å². The van der Waals surface area contributed by atoms with E-state index < -0.39 is 0 Å². The number of para-hydroxylation sites is 2. The molecule has 0 saturated carbocycles. The van der Waals surface area contributed by atoms with Crippen LogP contribution in [0.4, 0.5) is 5.95 Å². The highest BCUT2D eigenvalue weighted by molar-refractivity contribution is 6.02. The van der Waals surface area contributed by atoms with Crippen LogP contribution in [0.15, 0.2) is 53.6 Å². The minimum atomic E-state index is 0.690. The molecular weight excluding hydrogens is 272 g/mol. The van der Waals surface area contributed by atoms with Crippen molar-refractivity contribution in [2.45, 2.75) is 25.7 Å². The summed E-state index contributed by atoms with van der Waals surface area (Å²) in [6.07, 6.45) is 4.54. The Hall–Kier alpha value is -2.62. The molecule has 4 heteroatoms. The van der Waals surface area contributed by atoms with Crippen LogP contribution in [0.3, 0.4) is 0 Å². The summed E-state index contributed by atoms with van der Waals surface area (Å²) in [4.78, 5) is 7.75. The topological polar surface area (TPSA) is 53.1 Å². The van der Waals surface area contributed by atoms with Crippen LogP contribution < -0.4 is 5.43 Å². The van der Waals surface area contributed by atoms with Gasteiger partial charge in [-0.25, -0.2) is 10.4 Å². The van der Waals surface area contributed by atoms with Crippen molar-refractivity contribution in [3.05, 3.63) is 59.7 Å². The Bertz CT molecular complexity index is 799. The van der Waals surface area contributed by atoms with Crippen LogP contribution in [0.5, 0.6) is 0 Å². The van der Waals surface area contributed by atoms with Crippen LogP contribution >= 0.6 is 0 Å². The molecule has 0 amide bonds. The van der Waals surface area contributed by atoms with E-state index in [2.05, 4.69) is 44.8 Å². The Kier molecular flexibility index (Phi) is 3.35. The summed E-state index contributed by atoms with van der Waals surface area (Å²) < 4.78 is 0. The molecule has 0 bridgehead atoms. The molecule has 0 fully saturated rings. The Morgan fingerprint density at radius 2 is 1.77 bits per heavy atom. The first-order chi connectivity index (χ1) is 10.9. The van der Waals surface area contributed by atoms with Crippen LogP contribution in [0.25, 0.3) is 11.0 Å². The molecule has 1 aliphatic rings. The van der Waals surface area contributed by atoms with Crippen LogP contribution in [0.1, 0.15) is 30.4 Å². The van der Waals surface area contributed by atoms with Crippen molar-refractivity contribution in [1.29, 1.82) is 0 Å². The quantitative estimate of drug-likeness (QED) is 0.551. The van der Waals surface area contributed by atoms with Crippen molar-refractivity contribution in [1.82, 2.24) is 9.97 Å². The molecule has 0 unspecified atom stereocenters. The fourth-order valence-corrected chi connectivity index (χ4v) is 3.00. The summed E-state index contributed by atoms with van der Waals surface area (Å²) in [5.74, 6) is 0.690. The second-order valence-electron chi connectivity index (χ2n) is 5.64. The van der Waals surface area contributed by atoms with E-state index in [-0.39, 0.29) is 0 Å². The molecule has 22 heavy (non-hydrogen) atoms. The molecule has 4 nitrogen and oxygen atoms in total. The molecule has 0 saturated heterocycles. The zero-order valence-corrected chi connectivity index (χ0v) is 12.3. The number of rotatable bonds is 2. The van der Waals surface area contributed by atoms with Gasteiger partial charge in [-0.05, 0) is 43.4 Å². The molecule has 2 N–H and O–H groups in total. The molecular formula is C18H18N4. The fourth-order valence-electron chi connectivity index (χ4n) is 3.00. The van der Waals surface area contributed by atoms with Crippen molar-refractivity contribution in [3.8, 4) is 0 Å². The van der Waals surface area contributed by atoms with Gasteiger partial charge in [0.25, 0.3) is 0 Å². The van der Waals surface area contributed by atoms with Gasteiger partial charge in [0.1, 0.15) is 0 Å². The van der Waals surface area contributed by atoms with Gasteiger partial charge in [0, 0.05) is 5.56 Å². The molecule has 1 heterocycles. The number of nitrogens with one attached hydrogen (secondary N) is 2. The Morgan fingerprint density at radius 1 is 0.955 bits per heavy atom. The normalized spacial score (nSPS) is 16.5. The van der Waals surface area contributed by atoms with Crippen molar-refractivity contribution in [3.63, 3.8) is 0 Å². The maximum Gasteiger partial charge on any atom is 0.222 e. The van der Waals surface area contributed by atoms with Gasteiger partial charge in [-0.2, -0.15) is 5.10 Å². The highest BCUT2D eigenvalue weighted by Crippen LogP contribution is 2.21. The summed E-state index contributed by atoms with van der Waals surface area (Å²) >= 11 is 0. The Balaban J connectivity index is 1.64. The number of nitrogens with zero attached hydrogens (tertiary/aromatic N) is 2. The smallest absolute Gasteiger partial charge is 0.222 e. The maximum absolute atomic E-state index is 4.62. The summed E-state index contributed by atoms with van der Waals surface area (Å²) in [5, 5.41) is 4.62. The monoisotopic (exact) mass is 290 g/mol. The average Bonchev–Trinajstić information content (AvgIpc) is 2.86. The standard InChI is InChI=1S/C18H18N4/c1-3-9-14-13(7-1)8-2-4-10-15(14)21-22-18-19-16-11-5-6-12-17(16)20-18/h1,3,5-7,9,11-12H,2,4,8,10H2,(H2,19,20,22)/b21-15+. The van der Waals surface area contributed by atoms with Crippen molar-refractivity contribution < 1.29 is 0 Å². The number of hydrogen-bond acceptors (Lipinski definition) is 3. The first kappa shape index (κ1) is 13.1. The summed E-state index contributed by atoms with van der Waals surface area (Å²) in [6, 6.07) is 16.6. The molecule has 0 spiro atoms. The van der Waals surface area contributed by atoms with Crippen LogP contribution in [-0.4, -0.2) is 15.7 Å². The van der Waals surface area contributed by atoms with Gasteiger partial charge in [-0.3, -0.25) is 0 Å². The zero-order valence-electron chi connectivity index (χ0n) is 12.3. The molecule has 1 aromatic heterocycles. The number of imidazole rings is 1. The predicted molar refractivity (Wildman–Crippen MR) is 90.3 cm³/mol. The van der Waals surface area contributed by atoms with E-state index in [1.54, 1.807) is 0 Å². The van der Waals surface area contributed by atoms with Crippen molar-refractivity contribution >= 4 is 22.7 Å². The second-order valence-corrected chi connectivity index (χ2v) is 5.64. The van der Waals surface area contributed by atoms with E-state index in [1.165, 1.54) is 24.0 Å². The lowest BCUT2D eigenvalue weighted by molar-refractivity contribution is 0.775. The van der Waals surface area contributed by atoms with Gasteiger partial charge in [0.15, 0.2) is 0 Å². The highest BCUT2D eigenvalue weighted by atomic mass is 15.4. The molecule has 1 aliphatic carbocycles. The first-order valence-electron chi connectivity index (χ1n) is 7.76. The summed E-state index contributed by atoms with van der Waals surface area (Å²) in [7, 11) is 0. The van der Waals surface area contributed by atoms with Gasteiger partial charge < -0.3 is 4.98 Å². The number of anilines is 1. The number of benzene rings is 2. The molecule has 4 rings (SSSR count). The SMILES string of the molecule is c1ccc2c(c1)CCCC/C2=N\Nc1nc2ccccc2[nH]1.